The number of pyridine rings is 1. The Labute approximate surface area is 197 Å². The molecule has 33 heavy (non-hydrogen) atoms. The van der Waals surface area contributed by atoms with Gasteiger partial charge in [0.15, 0.2) is 0 Å². The lowest BCUT2D eigenvalue weighted by Gasteiger charge is -2.10. The molecule has 1 aromatic carbocycles. The van der Waals surface area contributed by atoms with Gasteiger partial charge in [-0.15, -0.1) is 11.3 Å². The summed E-state index contributed by atoms with van der Waals surface area (Å²) in [5.41, 5.74) is 6.85. The van der Waals surface area contributed by atoms with Gasteiger partial charge in [-0.2, -0.15) is 0 Å². The molecule has 0 spiro atoms. The summed E-state index contributed by atoms with van der Waals surface area (Å²) in [5, 5.41) is 4.58. The average Bonchev–Trinajstić information content (AvgIpc) is 3.25. The molecule has 0 unspecified atom stereocenters. The maximum Gasteiger partial charge on any atom is 0.219 e. The Morgan fingerprint density at radius 3 is 2.70 bits per heavy atom. The summed E-state index contributed by atoms with van der Waals surface area (Å²) < 4.78 is 5.73. The second kappa shape index (κ2) is 9.08. The molecule has 5 rings (SSSR count). The van der Waals surface area contributed by atoms with Gasteiger partial charge < -0.3 is 15.8 Å². The molecular weight excluding hydrogens is 458 g/mol. The zero-order valence-electron chi connectivity index (χ0n) is 16.9. The Kier molecular flexibility index (Phi) is 5.68. The highest BCUT2D eigenvalue weighted by Gasteiger charge is 2.10. The smallest absolute Gasteiger partial charge is 0.219 e. The van der Waals surface area contributed by atoms with Gasteiger partial charge in [0.05, 0.1) is 27.7 Å². The highest BCUT2D eigenvalue weighted by molar-refractivity contribution is 7.19. The first kappa shape index (κ1) is 20.6. The number of aromatic nitrogens is 5. The number of ether oxygens (including phenoxy) is 1. The molecule has 5 aromatic rings. The van der Waals surface area contributed by atoms with E-state index in [0.717, 1.165) is 20.8 Å². The van der Waals surface area contributed by atoms with Crippen LogP contribution in [0.3, 0.4) is 0 Å². The van der Waals surface area contributed by atoms with E-state index in [9.17, 15) is 0 Å². The Hall–Kier alpha value is -4.26. The van der Waals surface area contributed by atoms with E-state index in [2.05, 4.69) is 42.1 Å². The number of thiophene rings is 1. The molecule has 0 atom stereocenters. The predicted molar refractivity (Wildman–Crippen MR) is 129 cm³/mol. The molecule has 0 radical (unpaired) electrons. The zero-order chi connectivity index (χ0) is 22.6. The van der Waals surface area contributed by atoms with Crippen LogP contribution in [0.25, 0.3) is 10.2 Å². The van der Waals surface area contributed by atoms with E-state index in [4.69, 9.17) is 22.1 Å². The quantitative estimate of drug-likeness (QED) is 0.350. The van der Waals surface area contributed by atoms with Crippen LogP contribution in [0.15, 0.2) is 67.4 Å². The Morgan fingerprint density at radius 1 is 0.970 bits per heavy atom. The van der Waals surface area contributed by atoms with Crippen molar-refractivity contribution in [3.8, 4) is 23.5 Å². The van der Waals surface area contributed by atoms with Crippen molar-refractivity contribution in [3.63, 3.8) is 0 Å². The van der Waals surface area contributed by atoms with Crippen LogP contribution >= 0.6 is 22.9 Å². The number of halogens is 1. The number of nitrogens with one attached hydrogen (secondary N) is 1. The molecule has 0 fully saturated rings. The van der Waals surface area contributed by atoms with Gasteiger partial charge in [-0.1, -0.05) is 17.7 Å². The monoisotopic (exact) mass is 471 g/mol. The molecule has 3 N–H and O–H groups in total. The normalized spacial score (nSPS) is 10.5. The van der Waals surface area contributed by atoms with Crippen molar-refractivity contribution >= 4 is 50.5 Å². The van der Waals surface area contributed by atoms with Crippen LogP contribution in [-0.2, 0) is 0 Å². The molecule has 8 nitrogen and oxygen atoms in total. The predicted octanol–water partition coefficient (Wildman–Crippen LogP) is 5.05. The second-order valence-electron chi connectivity index (χ2n) is 6.67. The van der Waals surface area contributed by atoms with Crippen molar-refractivity contribution in [2.45, 2.75) is 0 Å². The maximum absolute atomic E-state index is 6.42. The summed E-state index contributed by atoms with van der Waals surface area (Å²) in [7, 11) is 0. The topological polar surface area (TPSA) is 112 Å². The van der Waals surface area contributed by atoms with E-state index in [0.29, 0.717) is 34.0 Å². The third-order valence-electron chi connectivity index (χ3n) is 4.36. The maximum atomic E-state index is 6.42. The minimum absolute atomic E-state index is 0.352. The van der Waals surface area contributed by atoms with E-state index in [1.54, 1.807) is 24.4 Å². The van der Waals surface area contributed by atoms with Crippen molar-refractivity contribution in [2.75, 3.05) is 11.1 Å². The first-order valence-corrected chi connectivity index (χ1v) is 10.8. The molecule has 0 bridgehead atoms. The van der Waals surface area contributed by atoms with Gasteiger partial charge >= 0.3 is 0 Å². The number of rotatable bonds is 4. The lowest BCUT2D eigenvalue weighted by molar-refractivity contribution is 0.463. The third kappa shape index (κ3) is 4.82. The Balaban J connectivity index is 1.38. The average molecular weight is 472 g/mol. The fourth-order valence-electron chi connectivity index (χ4n) is 2.86. The molecule has 0 aliphatic carbocycles. The number of fused-ring (bicyclic) bond motifs is 1. The number of benzene rings is 1. The Morgan fingerprint density at radius 2 is 1.91 bits per heavy atom. The highest BCUT2D eigenvalue weighted by Crippen LogP contribution is 2.34. The summed E-state index contributed by atoms with van der Waals surface area (Å²) in [6.07, 6.45) is 6.17. The van der Waals surface area contributed by atoms with Crippen molar-refractivity contribution in [1.82, 2.24) is 24.9 Å². The van der Waals surface area contributed by atoms with Crippen molar-refractivity contribution in [2.24, 2.45) is 0 Å². The highest BCUT2D eigenvalue weighted by atomic mass is 35.5. The molecule has 0 amide bonds. The fourth-order valence-corrected chi connectivity index (χ4v) is 3.93. The van der Waals surface area contributed by atoms with E-state index >= 15 is 0 Å². The van der Waals surface area contributed by atoms with Crippen molar-refractivity contribution < 1.29 is 4.74 Å². The van der Waals surface area contributed by atoms with Crippen molar-refractivity contribution in [3.05, 3.63) is 83.0 Å². The van der Waals surface area contributed by atoms with Gasteiger partial charge in [-0.05, 0) is 42.2 Å². The van der Waals surface area contributed by atoms with Gasteiger partial charge in [0.1, 0.15) is 34.2 Å². The summed E-state index contributed by atoms with van der Waals surface area (Å²) in [5.74, 6) is 8.04. The van der Waals surface area contributed by atoms with Gasteiger partial charge in [-0.3, -0.25) is 0 Å². The Bertz CT molecular complexity index is 1490. The molecular formula is C23H14ClN7OS. The first-order chi connectivity index (χ1) is 16.1. The molecule has 0 aliphatic heterocycles. The lowest BCUT2D eigenvalue weighted by atomic mass is 10.2. The number of hydrogen-bond donors (Lipinski definition) is 2. The van der Waals surface area contributed by atoms with Crippen LogP contribution in [0.5, 0.6) is 11.6 Å². The van der Waals surface area contributed by atoms with E-state index in [-0.39, 0.29) is 0 Å². The molecule has 0 saturated carbocycles. The molecule has 4 heterocycles. The molecule has 4 aromatic heterocycles. The lowest BCUT2D eigenvalue weighted by Crippen LogP contribution is -1.95. The molecule has 0 aliphatic rings. The van der Waals surface area contributed by atoms with Gasteiger partial charge in [0.25, 0.3) is 0 Å². The van der Waals surface area contributed by atoms with Gasteiger partial charge in [0.2, 0.25) is 5.88 Å². The number of nitrogen functional groups attached to an aromatic ring is 1. The summed E-state index contributed by atoms with van der Waals surface area (Å²) >= 11 is 7.88. The molecule has 10 heteroatoms. The minimum Gasteiger partial charge on any atom is -0.437 e. The van der Waals surface area contributed by atoms with Crippen LogP contribution < -0.4 is 15.8 Å². The minimum atomic E-state index is 0.352. The summed E-state index contributed by atoms with van der Waals surface area (Å²) in [6.45, 7) is 0. The number of nitrogens with two attached hydrogens (primary N) is 1. The number of anilines is 3. The van der Waals surface area contributed by atoms with E-state index in [1.165, 1.54) is 30.1 Å². The summed E-state index contributed by atoms with van der Waals surface area (Å²) in [4.78, 5) is 22.6. The summed E-state index contributed by atoms with van der Waals surface area (Å²) in [6, 6.07) is 12.7. The first-order valence-electron chi connectivity index (χ1n) is 9.63. The van der Waals surface area contributed by atoms with Gasteiger partial charge in [-0.25, -0.2) is 24.9 Å². The van der Waals surface area contributed by atoms with E-state index < -0.39 is 0 Å². The van der Waals surface area contributed by atoms with Crippen molar-refractivity contribution in [1.29, 1.82) is 0 Å². The second-order valence-corrected chi connectivity index (χ2v) is 8.11. The van der Waals surface area contributed by atoms with Gasteiger partial charge in [0, 0.05) is 18.0 Å². The van der Waals surface area contributed by atoms with E-state index in [1.807, 2.05) is 24.3 Å². The molecule has 160 valence electrons. The largest absolute Gasteiger partial charge is 0.437 e. The zero-order valence-corrected chi connectivity index (χ0v) is 18.4. The van der Waals surface area contributed by atoms with Crippen LogP contribution in [0, 0.1) is 11.8 Å². The van der Waals surface area contributed by atoms with Crippen LogP contribution in [0.1, 0.15) is 10.6 Å². The van der Waals surface area contributed by atoms with Crippen LogP contribution in [0.2, 0.25) is 5.02 Å². The number of hydrogen-bond acceptors (Lipinski definition) is 9. The SMILES string of the molecule is Nc1cnc(C#Cc2cc3c(Nc4ccc(Oc5ccccn5)c(Cl)c4)ncnc3s2)cn1. The molecule has 0 saturated heterocycles. The van der Waals surface area contributed by atoms with Crippen LogP contribution in [0.4, 0.5) is 17.3 Å². The third-order valence-corrected chi connectivity index (χ3v) is 5.62. The fraction of sp³-hybridized carbons (Fsp3) is 0. The van der Waals surface area contributed by atoms with Crippen LogP contribution in [-0.4, -0.2) is 24.9 Å². The standard InChI is InChI=1S/C23H14ClN7OS/c24-18-9-14(5-7-19(18)32-21-3-1-2-8-26-21)31-22-17-10-16(33-23(17)30-13-29-22)6-4-15-11-28-20(25)12-27-15/h1-3,5,7-13H,(H2,25,28)(H,29,30,31). The number of nitrogens with zero attached hydrogens (tertiary/aromatic N) is 5.